The number of allylic oxidation sites excluding steroid dienone is 2. The molecule has 0 unspecified atom stereocenters. The average molecular weight is 263 g/mol. The van der Waals surface area contributed by atoms with Crippen molar-refractivity contribution < 1.29 is 5.11 Å². The zero-order valence-corrected chi connectivity index (χ0v) is 12.3. The molecule has 0 spiro atoms. The third kappa shape index (κ3) is 3.64. The summed E-state index contributed by atoms with van der Waals surface area (Å²) in [7, 11) is 0. The van der Waals surface area contributed by atoms with E-state index in [-0.39, 0.29) is 11.7 Å². The summed E-state index contributed by atoms with van der Waals surface area (Å²) < 4.78 is 0. The minimum atomic E-state index is 0.268. The molecule has 4 nitrogen and oxygen atoms in total. The van der Waals surface area contributed by atoms with Crippen LogP contribution in [0.1, 0.15) is 52.0 Å². The van der Waals surface area contributed by atoms with Crippen molar-refractivity contribution in [2.45, 2.75) is 46.5 Å². The number of rotatable bonds is 5. The van der Waals surface area contributed by atoms with E-state index >= 15 is 0 Å². The normalized spacial score (nSPS) is 12.5. The summed E-state index contributed by atoms with van der Waals surface area (Å²) in [6, 6.07) is 5.48. The lowest BCUT2D eigenvalue weighted by molar-refractivity contribution is 0.465. The first-order valence-corrected chi connectivity index (χ1v) is 6.71. The summed E-state index contributed by atoms with van der Waals surface area (Å²) in [4.78, 5) is 0. The van der Waals surface area contributed by atoms with Crippen molar-refractivity contribution in [2.24, 2.45) is 11.6 Å². The minimum absolute atomic E-state index is 0.268. The Bertz CT molecular complexity index is 466. The molecular weight excluding hydrogens is 238 g/mol. The monoisotopic (exact) mass is 263 g/mol. The summed E-state index contributed by atoms with van der Waals surface area (Å²) >= 11 is 0. The van der Waals surface area contributed by atoms with E-state index < -0.39 is 0 Å². The van der Waals surface area contributed by atoms with Crippen LogP contribution in [-0.4, -0.2) is 5.11 Å². The summed E-state index contributed by atoms with van der Waals surface area (Å²) in [6.07, 6.45) is 1.80. The molecule has 4 heteroatoms. The number of benzene rings is 1. The number of nitrogens with two attached hydrogens (primary N) is 2. The molecule has 0 heterocycles. The second-order valence-electron chi connectivity index (χ2n) is 5.13. The molecule has 0 bridgehead atoms. The Morgan fingerprint density at radius 1 is 1.37 bits per heavy atom. The summed E-state index contributed by atoms with van der Waals surface area (Å²) in [5.41, 5.74) is 9.22. The van der Waals surface area contributed by atoms with E-state index in [2.05, 4.69) is 6.92 Å². The smallest absolute Gasteiger partial charge is 0.121 e. The number of anilines is 1. The lowest BCUT2D eigenvalue weighted by Gasteiger charge is -2.22. The molecule has 1 aromatic carbocycles. The molecule has 0 aliphatic carbocycles. The first kappa shape index (κ1) is 15.4. The molecule has 1 rings (SSSR count). The quantitative estimate of drug-likeness (QED) is 0.563. The van der Waals surface area contributed by atoms with E-state index in [9.17, 15) is 5.11 Å². The van der Waals surface area contributed by atoms with Gasteiger partial charge in [-0.2, -0.15) is 0 Å². The highest BCUT2D eigenvalue weighted by atomic mass is 16.3. The summed E-state index contributed by atoms with van der Waals surface area (Å²) in [5, 5.41) is 11.5. The molecule has 1 aromatic rings. The molecule has 0 atom stereocenters. The molecule has 0 radical (unpaired) electrons. The van der Waals surface area contributed by atoms with Crippen molar-refractivity contribution in [3.8, 4) is 5.75 Å². The Morgan fingerprint density at radius 3 is 2.47 bits per heavy atom. The van der Waals surface area contributed by atoms with Crippen LogP contribution < -0.4 is 16.6 Å². The molecule has 0 amide bonds. The Kier molecular flexibility index (Phi) is 5.24. The summed E-state index contributed by atoms with van der Waals surface area (Å²) in [6.45, 7) is 8.04. The lowest BCUT2D eigenvalue weighted by Crippen LogP contribution is -2.31. The van der Waals surface area contributed by atoms with Gasteiger partial charge < -0.3 is 10.8 Å². The maximum atomic E-state index is 10.0. The van der Waals surface area contributed by atoms with Gasteiger partial charge in [-0.05, 0) is 30.9 Å². The second-order valence-corrected chi connectivity index (χ2v) is 5.13. The molecule has 106 valence electrons. The van der Waals surface area contributed by atoms with E-state index in [1.54, 1.807) is 6.07 Å². The highest BCUT2D eigenvalue weighted by Gasteiger charge is 2.11. The van der Waals surface area contributed by atoms with Crippen molar-refractivity contribution in [1.29, 1.82) is 0 Å². The van der Waals surface area contributed by atoms with Gasteiger partial charge in [-0.1, -0.05) is 33.3 Å². The third-order valence-corrected chi connectivity index (χ3v) is 3.26. The van der Waals surface area contributed by atoms with E-state index in [0.29, 0.717) is 0 Å². The number of aromatic hydroxyl groups is 1. The van der Waals surface area contributed by atoms with Gasteiger partial charge in [0.2, 0.25) is 0 Å². The van der Waals surface area contributed by atoms with Crippen LogP contribution in [0, 0.1) is 0 Å². The van der Waals surface area contributed by atoms with E-state index in [1.807, 2.05) is 32.9 Å². The van der Waals surface area contributed by atoms with E-state index in [4.69, 9.17) is 11.6 Å². The highest BCUT2D eigenvalue weighted by Crippen LogP contribution is 2.30. The average Bonchev–Trinajstić information content (AvgIpc) is 2.36. The number of hydrogen-bond acceptors (Lipinski definition) is 4. The predicted octanol–water partition coefficient (Wildman–Crippen LogP) is 3.19. The number of phenolic OH excluding ortho intramolecular Hbond substituents is 1. The first-order chi connectivity index (χ1) is 8.88. The maximum absolute atomic E-state index is 10.0. The zero-order chi connectivity index (χ0) is 14.6. The fraction of sp³-hybridized carbons (Fsp3) is 0.467. The van der Waals surface area contributed by atoms with Gasteiger partial charge in [0.25, 0.3) is 0 Å². The molecule has 0 aromatic heterocycles. The van der Waals surface area contributed by atoms with Crippen LogP contribution in [0.5, 0.6) is 5.75 Å². The van der Waals surface area contributed by atoms with Gasteiger partial charge in [-0.15, -0.1) is 0 Å². The Labute approximate surface area is 115 Å². The fourth-order valence-electron chi connectivity index (χ4n) is 1.97. The van der Waals surface area contributed by atoms with Crippen LogP contribution in [0.25, 0.3) is 0 Å². The Balaban J connectivity index is 3.04. The maximum Gasteiger partial charge on any atom is 0.121 e. The number of hydrogen-bond donors (Lipinski definition) is 3. The van der Waals surface area contributed by atoms with Crippen molar-refractivity contribution in [3.63, 3.8) is 0 Å². The molecule has 0 aliphatic heterocycles. The van der Waals surface area contributed by atoms with Crippen LogP contribution in [-0.2, 0) is 0 Å². The van der Waals surface area contributed by atoms with Gasteiger partial charge in [0.05, 0.1) is 11.4 Å². The van der Waals surface area contributed by atoms with Crippen molar-refractivity contribution in [3.05, 3.63) is 35.2 Å². The van der Waals surface area contributed by atoms with Crippen LogP contribution in [0.4, 0.5) is 5.69 Å². The van der Waals surface area contributed by atoms with Gasteiger partial charge in [-0.3, -0.25) is 5.01 Å². The molecular formula is C15H25N3O. The van der Waals surface area contributed by atoms with Gasteiger partial charge in [0, 0.05) is 11.8 Å². The number of hydrazine groups is 1. The minimum Gasteiger partial charge on any atom is -0.508 e. The van der Waals surface area contributed by atoms with Gasteiger partial charge in [0.15, 0.2) is 0 Å². The topological polar surface area (TPSA) is 75.5 Å². The van der Waals surface area contributed by atoms with Crippen LogP contribution in [0.3, 0.4) is 0 Å². The molecule has 19 heavy (non-hydrogen) atoms. The lowest BCUT2D eigenvalue weighted by atomic mass is 10.0. The van der Waals surface area contributed by atoms with Crippen LogP contribution >= 0.6 is 0 Å². The second kappa shape index (κ2) is 6.48. The fourth-order valence-corrected chi connectivity index (χ4v) is 1.97. The zero-order valence-electron chi connectivity index (χ0n) is 12.3. The van der Waals surface area contributed by atoms with Crippen molar-refractivity contribution >= 4 is 5.69 Å². The molecule has 0 aliphatic rings. The first-order valence-electron chi connectivity index (χ1n) is 6.71. The van der Waals surface area contributed by atoms with Gasteiger partial charge in [0.1, 0.15) is 5.75 Å². The van der Waals surface area contributed by atoms with Crippen LogP contribution in [0.2, 0.25) is 0 Å². The molecule has 0 saturated heterocycles. The van der Waals surface area contributed by atoms with E-state index in [0.717, 1.165) is 35.5 Å². The van der Waals surface area contributed by atoms with Crippen molar-refractivity contribution in [2.75, 3.05) is 5.01 Å². The number of nitrogens with zero attached hydrogens (tertiary/aromatic N) is 1. The SMILES string of the molecule is CCC/C(N)=C(/C)N(N)c1ccc(C(C)C)c(O)c1. The third-order valence-electron chi connectivity index (χ3n) is 3.26. The van der Waals surface area contributed by atoms with Gasteiger partial charge >= 0.3 is 0 Å². The van der Waals surface area contributed by atoms with Gasteiger partial charge in [-0.25, -0.2) is 5.84 Å². The number of phenols is 1. The molecule has 5 N–H and O–H groups in total. The predicted molar refractivity (Wildman–Crippen MR) is 80.7 cm³/mol. The summed E-state index contributed by atoms with van der Waals surface area (Å²) in [5.74, 6) is 6.60. The van der Waals surface area contributed by atoms with E-state index in [1.165, 1.54) is 5.01 Å². The Hall–Kier alpha value is -1.68. The molecule has 0 saturated carbocycles. The highest BCUT2D eigenvalue weighted by molar-refractivity contribution is 5.56. The van der Waals surface area contributed by atoms with Crippen LogP contribution in [0.15, 0.2) is 29.6 Å². The van der Waals surface area contributed by atoms with Crippen molar-refractivity contribution in [1.82, 2.24) is 0 Å². The Morgan fingerprint density at radius 2 is 2.00 bits per heavy atom. The molecule has 0 fully saturated rings. The largest absolute Gasteiger partial charge is 0.508 e. The standard InChI is InChI=1S/C15H25N3O/c1-5-6-14(16)11(4)18(17)12-7-8-13(10(2)3)15(19)9-12/h7-10,19H,5-6,16-17H2,1-4H3/b14-11+.